The molecule has 0 saturated carbocycles. The molecule has 0 amide bonds. The van der Waals surface area contributed by atoms with Gasteiger partial charge < -0.3 is 0 Å². The molecule has 0 bridgehead atoms. The number of hydrogen-bond acceptors (Lipinski definition) is 1. The molecule has 0 saturated heterocycles. The molecule has 0 radical (unpaired) electrons. The van der Waals surface area contributed by atoms with Crippen molar-refractivity contribution >= 4 is 12.6 Å². The Bertz CT molecular complexity index is 314. The van der Waals surface area contributed by atoms with E-state index in [0.29, 0.717) is 0 Å². The van der Waals surface area contributed by atoms with Gasteiger partial charge in [0.2, 0.25) is 0 Å². The summed E-state index contributed by atoms with van der Waals surface area (Å²) < 4.78 is 0. The molecule has 0 aromatic rings. The molecule has 0 N–H and O–H groups in total. The second-order valence-corrected chi connectivity index (χ2v) is 3.82. The van der Waals surface area contributed by atoms with E-state index in [4.69, 9.17) is 0 Å². The number of hydrogen-bond donors (Lipinski definition) is 1. The predicted octanol–water partition coefficient (Wildman–Crippen LogP) is 4.84. The van der Waals surface area contributed by atoms with Gasteiger partial charge in [-0.05, 0) is 42.4 Å². The van der Waals surface area contributed by atoms with Crippen LogP contribution in [-0.2, 0) is 0 Å². The topological polar surface area (TPSA) is 0 Å². The normalized spacial score (nSPS) is 14.1. The smallest absolute Gasteiger partial charge is 0.00320 e. The monoisotopic (exact) mass is 220 g/mol. The molecule has 0 rings (SSSR count). The molecule has 0 aliphatic carbocycles. The summed E-state index contributed by atoms with van der Waals surface area (Å²) in [6, 6.07) is 0. The first-order valence-corrected chi connectivity index (χ1v) is 5.62. The Morgan fingerprint density at radius 3 is 2.33 bits per heavy atom. The molecule has 0 spiro atoms. The Kier molecular flexibility index (Phi) is 7.84. The summed E-state index contributed by atoms with van der Waals surface area (Å²) in [6.45, 7) is 9.99. The fourth-order valence-electron chi connectivity index (χ4n) is 1.07. The molecule has 0 atom stereocenters. The van der Waals surface area contributed by atoms with Gasteiger partial charge in [-0.15, -0.1) is 12.6 Å². The van der Waals surface area contributed by atoms with Crippen molar-refractivity contribution in [2.45, 2.75) is 27.2 Å². The van der Waals surface area contributed by atoms with Crippen LogP contribution in [0.25, 0.3) is 0 Å². The van der Waals surface area contributed by atoms with Gasteiger partial charge in [0.25, 0.3) is 0 Å². The molecule has 0 nitrogen and oxygen atoms in total. The summed E-state index contributed by atoms with van der Waals surface area (Å²) in [7, 11) is 0. The van der Waals surface area contributed by atoms with Crippen molar-refractivity contribution in [3.8, 4) is 0 Å². The summed E-state index contributed by atoms with van der Waals surface area (Å²) in [5, 5.41) is 0. The lowest BCUT2D eigenvalue weighted by Crippen LogP contribution is -1.80. The van der Waals surface area contributed by atoms with E-state index in [1.54, 1.807) is 0 Å². The highest BCUT2D eigenvalue weighted by Gasteiger charge is 1.91. The zero-order valence-electron chi connectivity index (χ0n) is 9.83. The maximum absolute atomic E-state index is 4.08. The number of rotatable bonds is 5. The van der Waals surface area contributed by atoms with E-state index < -0.39 is 0 Å². The summed E-state index contributed by atoms with van der Waals surface area (Å²) >= 11 is 4.08. The molecule has 82 valence electrons. The second-order valence-electron chi connectivity index (χ2n) is 3.25. The Hall–Kier alpha value is -0.950. The molecule has 15 heavy (non-hydrogen) atoms. The average molecular weight is 220 g/mol. The van der Waals surface area contributed by atoms with E-state index in [9.17, 15) is 0 Å². The maximum atomic E-state index is 4.08. The summed E-state index contributed by atoms with van der Waals surface area (Å²) in [4.78, 5) is 0.767. The highest BCUT2D eigenvalue weighted by atomic mass is 32.1. The predicted molar refractivity (Wildman–Crippen MR) is 74.2 cm³/mol. The van der Waals surface area contributed by atoms with Crippen LogP contribution < -0.4 is 0 Å². The van der Waals surface area contributed by atoms with Crippen LogP contribution in [0.2, 0.25) is 0 Å². The maximum Gasteiger partial charge on any atom is -0.00320 e. The van der Waals surface area contributed by atoms with Gasteiger partial charge in [-0.3, -0.25) is 0 Å². The Balaban J connectivity index is 4.57. The summed E-state index contributed by atoms with van der Waals surface area (Å²) in [5.74, 6) is 0. The zero-order valence-corrected chi connectivity index (χ0v) is 10.7. The molecule has 1 heteroatoms. The van der Waals surface area contributed by atoms with Crippen molar-refractivity contribution < 1.29 is 0 Å². The van der Waals surface area contributed by atoms with Crippen LogP contribution >= 0.6 is 12.6 Å². The van der Waals surface area contributed by atoms with Crippen molar-refractivity contribution in [3.63, 3.8) is 0 Å². The molecular weight excluding hydrogens is 200 g/mol. The van der Waals surface area contributed by atoms with Gasteiger partial charge in [0, 0.05) is 0 Å². The van der Waals surface area contributed by atoms with Crippen LogP contribution in [0.15, 0.2) is 59.1 Å². The lowest BCUT2D eigenvalue weighted by Gasteiger charge is -2.00. The quantitative estimate of drug-likeness (QED) is 0.497. The highest BCUT2D eigenvalue weighted by molar-refractivity contribution is 7.84. The third kappa shape index (κ3) is 7.03. The standard InChI is InChI=1S/C14H20S/c1-5-9-14(12(3)6-2)11-8-7-10-13(4)15/h6-11,15H,4-5H2,1-3H3/b10-7-,11-8+,12-6-,14-9-. The van der Waals surface area contributed by atoms with Crippen LogP contribution in [0.5, 0.6) is 0 Å². The van der Waals surface area contributed by atoms with E-state index in [1.165, 1.54) is 11.1 Å². The minimum absolute atomic E-state index is 0.767. The van der Waals surface area contributed by atoms with E-state index >= 15 is 0 Å². The molecule has 0 aliphatic heterocycles. The lowest BCUT2D eigenvalue weighted by atomic mass is 10.1. The second kappa shape index (κ2) is 8.37. The van der Waals surface area contributed by atoms with Gasteiger partial charge in [0.15, 0.2) is 0 Å². The van der Waals surface area contributed by atoms with E-state index in [1.807, 2.05) is 18.2 Å². The summed E-state index contributed by atoms with van der Waals surface area (Å²) in [6.07, 6.45) is 13.3. The molecule has 0 unspecified atom stereocenters. The number of allylic oxidation sites excluding steroid dienone is 8. The zero-order chi connectivity index (χ0) is 11.7. The molecule has 0 heterocycles. The van der Waals surface area contributed by atoms with Gasteiger partial charge in [0.1, 0.15) is 0 Å². The largest absolute Gasteiger partial charge is 0.144 e. The SMILES string of the molecule is C=C(S)\C=C/C=C/C(=C/CC)C(/C)=C\C. The first kappa shape index (κ1) is 14.1. The first-order valence-electron chi connectivity index (χ1n) is 5.17. The fraction of sp³-hybridized carbons (Fsp3) is 0.286. The van der Waals surface area contributed by atoms with Crippen LogP contribution in [0.3, 0.4) is 0 Å². The Labute approximate surface area is 99.2 Å². The van der Waals surface area contributed by atoms with Gasteiger partial charge in [-0.25, -0.2) is 0 Å². The van der Waals surface area contributed by atoms with Crippen molar-refractivity contribution in [1.29, 1.82) is 0 Å². The molecule has 0 aromatic carbocycles. The Morgan fingerprint density at radius 2 is 1.87 bits per heavy atom. The van der Waals surface area contributed by atoms with E-state index in [0.717, 1.165) is 11.3 Å². The van der Waals surface area contributed by atoms with Crippen molar-refractivity contribution in [2.24, 2.45) is 0 Å². The third-order valence-corrected chi connectivity index (χ3v) is 2.14. The Morgan fingerprint density at radius 1 is 1.27 bits per heavy atom. The molecule has 0 aromatic heterocycles. The van der Waals surface area contributed by atoms with Crippen LogP contribution in [0.4, 0.5) is 0 Å². The van der Waals surface area contributed by atoms with Crippen molar-refractivity contribution in [1.82, 2.24) is 0 Å². The van der Waals surface area contributed by atoms with E-state index in [2.05, 4.69) is 58.2 Å². The van der Waals surface area contributed by atoms with Crippen LogP contribution in [0, 0.1) is 0 Å². The van der Waals surface area contributed by atoms with Gasteiger partial charge in [0.05, 0.1) is 0 Å². The molecule has 0 aliphatic rings. The minimum Gasteiger partial charge on any atom is -0.144 e. The first-order chi connectivity index (χ1) is 7.11. The summed E-state index contributed by atoms with van der Waals surface area (Å²) in [5.41, 5.74) is 2.57. The lowest BCUT2D eigenvalue weighted by molar-refractivity contribution is 1.19. The third-order valence-electron chi connectivity index (χ3n) is 1.99. The minimum atomic E-state index is 0.767. The van der Waals surface area contributed by atoms with Crippen molar-refractivity contribution in [2.75, 3.05) is 0 Å². The van der Waals surface area contributed by atoms with Gasteiger partial charge >= 0.3 is 0 Å². The van der Waals surface area contributed by atoms with Crippen LogP contribution in [-0.4, -0.2) is 0 Å². The average Bonchev–Trinajstić information content (AvgIpc) is 2.21. The number of thiol groups is 1. The van der Waals surface area contributed by atoms with Gasteiger partial charge in [-0.2, -0.15) is 0 Å². The van der Waals surface area contributed by atoms with Crippen molar-refractivity contribution in [3.05, 3.63) is 59.1 Å². The van der Waals surface area contributed by atoms with Gasteiger partial charge in [-0.1, -0.05) is 43.9 Å². The van der Waals surface area contributed by atoms with E-state index in [-0.39, 0.29) is 0 Å². The molecular formula is C14H20S. The van der Waals surface area contributed by atoms with Crippen LogP contribution in [0.1, 0.15) is 27.2 Å². The molecule has 0 fully saturated rings. The fourth-order valence-corrected chi connectivity index (χ4v) is 1.16. The highest BCUT2D eigenvalue weighted by Crippen LogP contribution is 2.11.